The molecule has 1 amide bonds. The summed E-state index contributed by atoms with van der Waals surface area (Å²) in [5.74, 6) is 0.520. The van der Waals surface area contributed by atoms with Crippen LogP contribution in [0.15, 0.2) is 48.5 Å². The number of benzene rings is 2. The molecule has 0 saturated heterocycles. The molecule has 0 bridgehead atoms. The summed E-state index contributed by atoms with van der Waals surface area (Å²) in [4.78, 5) is 11.9. The average Bonchev–Trinajstić information content (AvgIpc) is 2.54. The van der Waals surface area contributed by atoms with Gasteiger partial charge < -0.3 is 20.5 Å². The number of methoxy groups -OCH3 is 1. The van der Waals surface area contributed by atoms with Crippen LogP contribution in [-0.2, 0) is 16.1 Å². The fourth-order valence-electron chi connectivity index (χ4n) is 1.92. The second-order valence-electron chi connectivity index (χ2n) is 4.79. The highest BCUT2D eigenvalue weighted by Gasteiger charge is 2.06. The van der Waals surface area contributed by atoms with Gasteiger partial charge in [-0.25, -0.2) is 0 Å². The quantitative estimate of drug-likeness (QED) is 0.609. The molecule has 0 heterocycles. The van der Waals surface area contributed by atoms with Gasteiger partial charge in [-0.1, -0.05) is 30.3 Å². The normalized spacial score (nSPS) is 10.2. The molecule has 2 aromatic rings. The summed E-state index contributed by atoms with van der Waals surface area (Å²) in [6, 6.07) is 15.0. The van der Waals surface area contributed by atoms with Crippen LogP contribution in [0.1, 0.15) is 12.0 Å². The van der Waals surface area contributed by atoms with Gasteiger partial charge in [-0.2, -0.15) is 0 Å². The van der Waals surface area contributed by atoms with Crippen LogP contribution in [0.5, 0.6) is 5.75 Å². The predicted molar refractivity (Wildman–Crippen MR) is 86.8 cm³/mol. The van der Waals surface area contributed by atoms with Crippen molar-refractivity contribution >= 4 is 17.3 Å². The van der Waals surface area contributed by atoms with Gasteiger partial charge >= 0.3 is 0 Å². The van der Waals surface area contributed by atoms with E-state index in [2.05, 4.69) is 5.32 Å². The van der Waals surface area contributed by atoms with Crippen molar-refractivity contribution in [2.24, 2.45) is 0 Å². The van der Waals surface area contributed by atoms with Crippen molar-refractivity contribution in [3.63, 3.8) is 0 Å². The topological polar surface area (TPSA) is 73.6 Å². The van der Waals surface area contributed by atoms with E-state index in [9.17, 15) is 4.79 Å². The highest BCUT2D eigenvalue weighted by molar-refractivity contribution is 5.94. The Morgan fingerprint density at radius 2 is 1.95 bits per heavy atom. The minimum absolute atomic E-state index is 0.134. The largest absolute Gasteiger partial charge is 0.497 e. The molecule has 116 valence electrons. The van der Waals surface area contributed by atoms with Gasteiger partial charge in [-0.3, -0.25) is 4.79 Å². The van der Waals surface area contributed by atoms with Gasteiger partial charge in [-0.15, -0.1) is 0 Å². The van der Waals surface area contributed by atoms with E-state index < -0.39 is 0 Å². The maximum atomic E-state index is 11.9. The van der Waals surface area contributed by atoms with E-state index in [1.54, 1.807) is 25.3 Å². The van der Waals surface area contributed by atoms with Crippen LogP contribution in [0.3, 0.4) is 0 Å². The molecule has 0 aliphatic heterocycles. The summed E-state index contributed by atoms with van der Waals surface area (Å²) in [5.41, 5.74) is 7.98. The fraction of sp³-hybridized carbons (Fsp3) is 0.235. The van der Waals surface area contributed by atoms with E-state index in [0.29, 0.717) is 30.3 Å². The molecule has 0 atom stereocenters. The van der Waals surface area contributed by atoms with Crippen LogP contribution in [0.4, 0.5) is 11.4 Å². The Labute approximate surface area is 130 Å². The SMILES string of the molecule is COc1ccc(NC(=O)CCOCc2ccccc2)c(N)c1. The van der Waals surface area contributed by atoms with Gasteiger partial charge in [0.05, 0.1) is 38.1 Å². The molecule has 0 aromatic heterocycles. The number of nitrogen functional groups attached to an aromatic ring is 1. The van der Waals surface area contributed by atoms with Crippen LogP contribution in [0.25, 0.3) is 0 Å². The van der Waals surface area contributed by atoms with Gasteiger partial charge in [0.25, 0.3) is 0 Å². The predicted octanol–water partition coefficient (Wildman–Crippen LogP) is 2.82. The third-order valence-corrected chi connectivity index (χ3v) is 3.12. The molecule has 2 rings (SSSR count). The molecule has 0 radical (unpaired) electrons. The van der Waals surface area contributed by atoms with Crippen LogP contribution < -0.4 is 15.8 Å². The lowest BCUT2D eigenvalue weighted by molar-refractivity contribution is -0.117. The zero-order valence-electron chi connectivity index (χ0n) is 12.5. The molecule has 5 nitrogen and oxygen atoms in total. The van der Waals surface area contributed by atoms with Crippen molar-refractivity contribution in [2.45, 2.75) is 13.0 Å². The number of anilines is 2. The molecular weight excluding hydrogens is 280 g/mol. The van der Waals surface area contributed by atoms with Crippen molar-refractivity contribution in [3.8, 4) is 5.75 Å². The van der Waals surface area contributed by atoms with Crippen LogP contribution in [-0.4, -0.2) is 19.6 Å². The number of rotatable bonds is 7. The number of hydrogen-bond donors (Lipinski definition) is 2. The molecule has 3 N–H and O–H groups in total. The summed E-state index contributed by atoms with van der Waals surface area (Å²) < 4.78 is 10.5. The number of nitrogens with one attached hydrogen (secondary N) is 1. The number of nitrogens with two attached hydrogens (primary N) is 1. The smallest absolute Gasteiger partial charge is 0.226 e. The number of carbonyl (C=O) groups excluding carboxylic acids is 1. The first-order chi connectivity index (χ1) is 10.7. The van der Waals surface area contributed by atoms with Crippen molar-refractivity contribution < 1.29 is 14.3 Å². The summed E-state index contributed by atoms with van der Waals surface area (Å²) in [7, 11) is 1.57. The van der Waals surface area contributed by atoms with E-state index >= 15 is 0 Å². The first-order valence-electron chi connectivity index (χ1n) is 7.04. The van der Waals surface area contributed by atoms with Crippen molar-refractivity contribution in [2.75, 3.05) is 24.8 Å². The first kappa shape index (κ1) is 15.9. The highest BCUT2D eigenvalue weighted by atomic mass is 16.5. The second-order valence-corrected chi connectivity index (χ2v) is 4.79. The molecular formula is C17H20N2O3. The van der Waals surface area contributed by atoms with Crippen LogP contribution in [0, 0.1) is 0 Å². The fourth-order valence-corrected chi connectivity index (χ4v) is 1.92. The van der Waals surface area contributed by atoms with Crippen molar-refractivity contribution in [1.82, 2.24) is 0 Å². The standard InChI is InChI=1S/C17H20N2O3/c1-21-14-7-8-16(15(18)11-14)19-17(20)9-10-22-12-13-5-3-2-4-6-13/h2-8,11H,9-10,12,18H2,1H3,(H,19,20). The van der Waals surface area contributed by atoms with Crippen LogP contribution >= 0.6 is 0 Å². The lowest BCUT2D eigenvalue weighted by atomic mass is 10.2. The monoisotopic (exact) mass is 300 g/mol. The maximum absolute atomic E-state index is 11.9. The highest BCUT2D eigenvalue weighted by Crippen LogP contribution is 2.24. The third kappa shape index (κ3) is 4.79. The molecule has 0 fully saturated rings. The molecule has 5 heteroatoms. The van der Waals surface area contributed by atoms with Gasteiger partial charge in [0, 0.05) is 6.07 Å². The Morgan fingerprint density at radius 3 is 2.64 bits per heavy atom. The molecule has 22 heavy (non-hydrogen) atoms. The number of hydrogen-bond acceptors (Lipinski definition) is 4. The molecule has 0 spiro atoms. The number of amides is 1. The second kappa shape index (κ2) is 8.05. The Bertz CT molecular complexity index is 615. The summed E-state index contributed by atoms with van der Waals surface area (Å²) in [5, 5.41) is 2.76. The number of ether oxygens (including phenoxy) is 2. The van der Waals surface area contributed by atoms with E-state index in [4.69, 9.17) is 15.2 Å². The minimum Gasteiger partial charge on any atom is -0.497 e. The van der Waals surface area contributed by atoms with Crippen molar-refractivity contribution in [3.05, 3.63) is 54.1 Å². The Hall–Kier alpha value is -2.53. The Morgan fingerprint density at radius 1 is 1.18 bits per heavy atom. The van der Waals surface area contributed by atoms with Gasteiger partial charge in [-0.05, 0) is 17.7 Å². The summed E-state index contributed by atoms with van der Waals surface area (Å²) in [6.45, 7) is 0.857. The summed E-state index contributed by atoms with van der Waals surface area (Å²) >= 11 is 0. The van der Waals surface area contributed by atoms with E-state index in [1.165, 1.54) is 0 Å². The number of carbonyl (C=O) groups is 1. The van der Waals surface area contributed by atoms with E-state index in [-0.39, 0.29) is 12.3 Å². The zero-order chi connectivity index (χ0) is 15.8. The molecule has 2 aromatic carbocycles. The zero-order valence-corrected chi connectivity index (χ0v) is 12.5. The van der Waals surface area contributed by atoms with Gasteiger partial charge in [0.1, 0.15) is 5.75 Å². The third-order valence-electron chi connectivity index (χ3n) is 3.12. The molecule has 0 unspecified atom stereocenters. The Balaban J connectivity index is 1.74. The average molecular weight is 300 g/mol. The first-order valence-corrected chi connectivity index (χ1v) is 7.04. The minimum atomic E-state index is -0.134. The summed E-state index contributed by atoms with van der Waals surface area (Å²) in [6.07, 6.45) is 0.276. The van der Waals surface area contributed by atoms with Gasteiger partial charge in [0.15, 0.2) is 0 Å². The van der Waals surface area contributed by atoms with Crippen LogP contribution in [0.2, 0.25) is 0 Å². The lowest BCUT2D eigenvalue weighted by Gasteiger charge is -2.10. The van der Waals surface area contributed by atoms with E-state index in [0.717, 1.165) is 5.56 Å². The van der Waals surface area contributed by atoms with Crippen molar-refractivity contribution in [1.29, 1.82) is 0 Å². The molecule has 0 saturated carbocycles. The molecule has 0 aliphatic carbocycles. The Kier molecular flexibility index (Phi) is 5.80. The maximum Gasteiger partial charge on any atom is 0.226 e. The molecule has 0 aliphatic rings. The van der Waals surface area contributed by atoms with E-state index in [1.807, 2.05) is 30.3 Å². The van der Waals surface area contributed by atoms with Gasteiger partial charge in [0.2, 0.25) is 5.91 Å². The lowest BCUT2D eigenvalue weighted by Crippen LogP contribution is -2.15.